The second-order valence-corrected chi connectivity index (χ2v) is 15.7. The van der Waals surface area contributed by atoms with Gasteiger partial charge in [-0.2, -0.15) is 0 Å². The van der Waals surface area contributed by atoms with E-state index in [9.17, 15) is 9.90 Å². The van der Waals surface area contributed by atoms with Crippen LogP contribution in [0.15, 0.2) is 110 Å². The first kappa shape index (κ1) is 35.9. The molecule has 8 nitrogen and oxygen atoms in total. The van der Waals surface area contributed by atoms with Gasteiger partial charge in [0.05, 0.1) is 29.2 Å². The summed E-state index contributed by atoms with van der Waals surface area (Å²) in [6.45, 7) is 13.9. The van der Waals surface area contributed by atoms with Crippen LogP contribution >= 0.6 is 27.7 Å². The Kier molecular flexibility index (Phi) is 10.9. The van der Waals surface area contributed by atoms with Crippen LogP contribution in [0.4, 0.5) is 17.1 Å². The van der Waals surface area contributed by atoms with Crippen molar-refractivity contribution in [2.75, 3.05) is 47.5 Å². The molecule has 1 spiro atoms. The van der Waals surface area contributed by atoms with Gasteiger partial charge in [0, 0.05) is 53.3 Å². The first-order valence-corrected chi connectivity index (χ1v) is 19.1. The molecule has 10 heteroatoms. The van der Waals surface area contributed by atoms with E-state index in [0.29, 0.717) is 12.1 Å². The van der Waals surface area contributed by atoms with Gasteiger partial charge in [-0.05, 0) is 62.2 Å². The van der Waals surface area contributed by atoms with Gasteiger partial charge in [0.15, 0.2) is 0 Å². The van der Waals surface area contributed by atoms with E-state index in [1.54, 1.807) is 38.6 Å². The van der Waals surface area contributed by atoms with Gasteiger partial charge in [0.2, 0.25) is 11.8 Å². The number of fused-ring (bicyclic) bond motifs is 1. The molecule has 3 aromatic rings. The third-order valence-electron chi connectivity index (χ3n) is 10.5. The van der Waals surface area contributed by atoms with Gasteiger partial charge in [-0.1, -0.05) is 76.6 Å². The second kappa shape index (κ2) is 15.2. The number of nitrogens with zero attached hydrogens (tertiary/aromatic N) is 4. The van der Waals surface area contributed by atoms with Gasteiger partial charge in [-0.3, -0.25) is 14.4 Å². The van der Waals surface area contributed by atoms with Crippen LogP contribution in [0.25, 0.3) is 0 Å². The lowest BCUT2D eigenvalue weighted by Gasteiger charge is -2.40. The zero-order valence-electron chi connectivity index (χ0n) is 28.6. The van der Waals surface area contributed by atoms with Gasteiger partial charge in [-0.25, -0.2) is 0 Å². The zero-order chi connectivity index (χ0) is 35.6. The molecule has 2 bridgehead atoms. The maximum atomic E-state index is 15.3. The molecule has 0 saturated carbocycles. The number of carbonyl (C=O) groups is 3. The third-order valence-corrected chi connectivity index (χ3v) is 13.7. The Bertz CT molecular complexity index is 1710. The molecule has 3 amide bonds. The quantitative estimate of drug-likeness (QED) is 0.150. The van der Waals surface area contributed by atoms with Crippen molar-refractivity contribution in [3.63, 3.8) is 0 Å². The van der Waals surface area contributed by atoms with Gasteiger partial charge in [0.25, 0.3) is 5.91 Å². The summed E-state index contributed by atoms with van der Waals surface area (Å²) in [7, 11) is 0. The molecular weight excluding hydrogens is 712 g/mol. The van der Waals surface area contributed by atoms with E-state index in [1.807, 2.05) is 84.9 Å². The summed E-state index contributed by atoms with van der Waals surface area (Å²) in [5.74, 6) is -2.15. The van der Waals surface area contributed by atoms with Gasteiger partial charge in [-0.15, -0.1) is 24.9 Å². The van der Waals surface area contributed by atoms with Crippen molar-refractivity contribution in [2.24, 2.45) is 11.8 Å². The summed E-state index contributed by atoms with van der Waals surface area (Å²) in [5.41, 5.74) is 3.21. The fourth-order valence-electron chi connectivity index (χ4n) is 8.27. The van der Waals surface area contributed by atoms with E-state index >= 15 is 9.59 Å². The number of hydrogen-bond donors (Lipinski definition) is 1. The van der Waals surface area contributed by atoms with E-state index in [2.05, 4.69) is 47.8 Å². The summed E-state index contributed by atoms with van der Waals surface area (Å²) in [5, 5.41) is 10.7. The fraction of sp³-hybridized carbons (Fsp3) is 0.375. The summed E-state index contributed by atoms with van der Waals surface area (Å²) in [4.78, 5) is 52.3. The maximum Gasteiger partial charge on any atom is 0.251 e. The van der Waals surface area contributed by atoms with Crippen LogP contribution < -0.4 is 14.7 Å². The molecule has 3 saturated heterocycles. The Morgan fingerprint density at radius 3 is 2.00 bits per heavy atom. The van der Waals surface area contributed by atoms with Crippen molar-refractivity contribution in [1.29, 1.82) is 0 Å². The number of benzene rings is 3. The SMILES string of the molecule is C=CCN(C(=O)C1N([C@H](CO)c2ccccc2)C(=O)[C@@H]2[C@H](C(=O)N(CC=C)c3ccccc3)[C@H]3SC12CC3Br)c1ccc(N(CC)CC)cc1. The normalized spacial score (nSPS) is 25.6. The number of amides is 3. The standard InChI is InChI=1S/C40H45BrN4O4S/c1-5-23-43(29-17-13-10-14-18-29)37(47)33-34-38(48)45(32(26-46)27-15-11-9-12-16-27)36(40(34)25-31(41)35(33)50-40)39(49)44(24-6-2)30-21-19-28(20-22-30)42(7-3)8-4/h5-6,9-22,31-36,46H,1-2,7-8,23-26H2,3-4H3/t31?,32-,33+,34+,35+,36?,40?/m1/s1. The van der Waals surface area contributed by atoms with Crippen molar-refractivity contribution < 1.29 is 19.5 Å². The predicted octanol–water partition coefficient (Wildman–Crippen LogP) is 6.47. The van der Waals surface area contributed by atoms with Crippen LogP contribution in [0, 0.1) is 11.8 Å². The molecule has 3 heterocycles. The Hall–Kier alpha value is -3.86. The topological polar surface area (TPSA) is 84.4 Å². The smallest absolute Gasteiger partial charge is 0.251 e. The average Bonchev–Trinajstić information content (AvgIpc) is 3.74. The van der Waals surface area contributed by atoms with Crippen molar-refractivity contribution in [2.45, 2.75) is 47.2 Å². The first-order valence-electron chi connectivity index (χ1n) is 17.3. The molecular formula is C40H45BrN4O4S. The summed E-state index contributed by atoms with van der Waals surface area (Å²) in [6, 6.07) is 25.0. The van der Waals surface area contributed by atoms with Crippen LogP contribution in [-0.2, 0) is 14.4 Å². The van der Waals surface area contributed by atoms with Crippen LogP contribution in [0.3, 0.4) is 0 Å². The summed E-state index contributed by atoms with van der Waals surface area (Å²) in [6.07, 6.45) is 3.91. The first-order chi connectivity index (χ1) is 24.3. The zero-order valence-corrected chi connectivity index (χ0v) is 31.0. The minimum Gasteiger partial charge on any atom is -0.394 e. The molecule has 0 aromatic heterocycles. The highest BCUT2D eigenvalue weighted by molar-refractivity contribution is 9.09. The number of halogens is 1. The van der Waals surface area contributed by atoms with Gasteiger partial charge < -0.3 is 24.7 Å². The minimum atomic E-state index is -0.947. The average molecular weight is 758 g/mol. The molecule has 3 aliphatic heterocycles. The minimum absolute atomic E-state index is 0.104. The van der Waals surface area contributed by atoms with Crippen molar-refractivity contribution >= 4 is 62.5 Å². The number of hydrogen-bond acceptors (Lipinski definition) is 6. The van der Waals surface area contributed by atoms with Gasteiger partial charge >= 0.3 is 0 Å². The van der Waals surface area contributed by atoms with Crippen molar-refractivity contribution in [3.05, 3.63) is 116 Å². The monoisotopic (exact) mass is 756 g/mol. The number of aliphatic hydroxyl groups is 1. The lowest BCUT2D eigenvalue weighted by Crippen LogP contribution is -2.56. The molecule has 0 aliphatic carbocycles. The van der Waals surface area contributed by atoms with Gasteiger partial charge in [0.1, 0.15) is 6.04 Å². The summed E-state index contributed by atoms with van der Waals surface area (Å²) >= 11 is 5.50. The highest BCUT2D eigenvalue weighted by Crippen LogP contribution is 2.69. The van der Waals surface area contributed by atoms with Crippen LogP contribution in [0.2, 0.25) is 0 Å². The van der Waals surface area contributed by atoms with E-state index in [-0.39, 0.29) is 47.5 Å². The Labute approximate surface area is 307 Å². The number of alkyl halides is 1. The van der Waals surface area contributed by atoms with Crippen LogP contribution in [0.5, 0.6) is 0 Å². The van der Waals surface area contributed by atoms with E-state index in [1.165, 1.54) is 0 Å². The molecule has 3 aromatic carbocycles. The molecule has 3 aliphatic rings. The predicted molar refractivity (Wildman–Crippen MR) is 207 cm³/mol. The van der Waals surface area contributed by atoms with Crippen molar-refractivity contribution in [1.82, 2.24) is 4.90 Å². The van der Waals surface area contributed by atoms with Crippen LogP contribution in [-0.4, -0.2) is 81.4 Å². The number of likely N-dealkylation sites (tertiary alicyclic amines) is 1. The number of rotatable bonds is 14. The molecule has 3 fully saturated rings. The fourth-order valence-corrected chi connectivity index (χ4v) is 11.9. The summed E-state index contributed by atoms with van der Waals surface area (Å²) < 4.78 is -0.910. The molecule has 0 radical (unpaired) electrons. The Morgan fingerprint density at radius 1 is 0.900 bits per heavy atom. The molecule has 262 valence electrons. The Balaban J connectivity index is 1.47. The highest BCUT2D eigenvalue weighted by atomic mass is 79.9. The second-order valence-electron chi connectivity index (χ2n) is 13.0. The lowest BCUT2D eigenvalue weighted by atomic mass is 9.70. The van der Waals surface area contributed by atoms with E-state index in [4.69, 9.17) is 0 Å². The largest absolute Gasteiger partial charge is 0.394 e. The third kappa shape index (κ3) is 6.09. The Morgan fingerprint density at radius 2 is 1.44 bits per heavy atom. The van der Waals surface area contributed by atoms with E-state index in [0.717, 1.165) is 30.0 Å². The molecule has 1 N–H and O–H groups in total. The number of carbonyl (C=O) groups excluding carboxylic acids is 3. The lowest BCUT2D eigenvalue weighted by molar-refractivity contribution is -0.142. The number of aliphatic hydroxyl groups excluding tert-OH is 1. The van der Waals surface area contributed by atoms with Crippen LogP contribution in [0.1, 0.15) is 31.9 Å². The number of thioether (sulfide) groups is 1. The van der Waals surface area contributed by atoms with E-state index < -0.39 is 28.7 Å². The van der Waals surface area contributed by atoms with Crippen molar-refractivity contribution in [3.8, 4) is 0 Å². The number of para-hydroxylation sites is 1. The molecule has 3 unspecified atom stereocenters. The highest BCUT2D eigenvalue weighted by Gasteiger charge is 2.76. The molecule has 50 heavy (non-hydrogen) atoms. The maximum absolute atomic E-state index is 15.3. The molecule has 7 atom stereocenters. The molecule has 6 rings (SSSR count). The number of anilines is 3.